The van der Waals surface area contributed by atoms with Crippen LogP contribution in [0.3, 0.4) is 0 Å². The lowest BCUT2D eigenvalue weighted by atomic mass is 10.0. The molecular formula is C28H32N4. The number of nitrogen functional groups attached to an aromatic ring is 1. The number of H-pyrrole nitrogens is 1. The first-order valence-electron chi connectivity index (χ1n) is 10.9. The molecule has 1 aromatic heterocycles. The summed E-state index contributed by atoms with van der Waals surface area (Å²) in [4.78, 5) is 7.73. The van der Waals surface area contributed by atoms with Gasteiger partial charge < -0.3 is 16.0 Å². The zero-order chi connectivity index (χ0) is 22.8. The van der Waals surface area contributed by atoms with Crippen LogP contribution < -0.4 is 11.1 Å². The van der Waals surface area contributed by atoms with Gasteiger partial charge in [-0.3, -0.25) is 0 Å². The number of allylic oxidation sites excluding steroid dienone is 2. The number of rotatable bonds is 6. The first kappa shape index (κ1) is 23.0. The average molecular weight is 425 g/mol. The van der Waals surface area contributed by atoms with Gasteiger partial charge in [0.05, 0.1) is 18.4 Å². The van der Waals surface area contributed by atoms with Crippen LogP contribution in [0.15, 0.2) is 91.1 Å². The molecule has 0 radical (unpaired) electrons. The molecule has 0 spiro atoms. The van der Waals surface area contributed by atoms with Gasteiger partial charge in [-0.1, -0.05) is 72.8 Å². The van der Waals surface area contributed by atoms with Gasteiger partial charge in [-0.2, -0.15) is 0 Å². The van der Waals surface area contributed by atoms with Crippen LogP contribution in [0.4, 0.5) is 5.69 Å². The molecule has 4 aromatic rings. The average Bonchev–Trinajstić information content (AvgIpc) is 3.30. The molecule has 0 saturated carbocycles. The zero-order valence-corrected chi connectivity index (χ0v) is 19.1. The number of hydrogen-bond acceptors (Lipinski definition) is 3. The van der Waals surface area contributed by atoms with Crippen molar-refractivity contribution in [2.75, 3.05) is 5.73 Å². The Hall–Kier alpha value is -3.63. The van der Waals surface area contributed by atoms with E-state index in [1.54, 1.807) is 0 Å². The Morgan fingerprint density at radius 1 is 0.938 bits per heavy atom. The molecule has 4 N–H and O–H groups in total. The van der Waals surface area contributed by atoms with E-state index in [1.165, 1.54) is 22.3 Å². The van der Waals surface area contributed by atoms with E-state index in [1.807, 2.05) is 48.7 Å². The topological polar surface area (TPSA) is 66.7 Å². The minimum absolute atomic E-state index is 0.706. The van der Waals surface area contributed by atoms with Gasteiger partial charge in [-0.15, -0.1) is 0 Å². The molecule has 0 atom stereocenters. The number of nitrogens with two attached hydrogens (primary N) is 1. The molecule has 0 aliphatic carbocycles. The van der Waals surface area contributed by atoms with Crippen LogP contribution in [0, 0.1) is 6.92 Å². The first-order valence-corrected chi connectivity index (χ1v) is 10.9. The van der Waals surface area contributed by atoms with E-state index in [0.717, 1.165) is 29.3 Å². The highest BCUT2D eigenvalue weighted by Crippen LogP contribution is 2.17. The van der Waals surface area contributed by atoms with Crippen LogP contribution in [0.2, 0.25) is 0 Å². The number of imidazole rings is 1. The molecule has 0 unspecified atom stereocenters. The monoisotopic (exact) mass is 424 g/mol. The van der Waals surface area contributed by atoms with Crippen LogP contribution in [-0.4, -0.2) is 9.97 Å². The van der Waals surface area contributed by atoms with Crippen molar-refractivity contribution < 1.29 is 0 Å². The molecule has 32 heavy (non-hydrogen) atoms. The molecule has 4 heteroatoms. The van der Waals surface area contributed by atoms with Crippen molar-refractivity contribution in [1.82, 2.24) is 15.3 Å². The predicted molar refractivity (Wildman–Crippen MR) is 136 cm³/mol. The van der Waals surface area contributed by atoms with E-state index in [4.69, 9.17) is 5.73 Å². The van der Waals surface area contributed by atoms with E-state index < -0.39 is 0 Å². The molecule has 4 nitrogen and oxygen atoms in total. The zero-order valence-electron chi connectivity index (χ0n) is 19.1. The van der Waals surface area contributed by atoms with Crippen LogP contribution in [0.25, 0.3) is 16.8 Å². The Bertz CT molecular complexity index is 1130. The number of hydrogen-bond donors (Lipinski definition) is 3. The van der Waals surface area contributed by atoms with Gasteiger partial charge in [0.15, 0.2) is 0 Å². The van der Waals surface area contributed by atoms with Crippen molar-refractivity contribution in [2.45, 2.75) is 33.9 Å². The Morgan fingerprint density at radius 3 is 2.31 bits per heavy atom. The minimum atomic E-state index is 0.706. The molecule has 0 bridgehead atoms. The molecule has 0 aliphatic heterocycles. The first-order chi connectivity index (χ1) is 15.6. The minimum Gasteiger partial charge on any atom is -0.399 e. The van der Waals surface area contributed by atoms with Crippen LogP contribution in [0.5, 0.6) is 0 Å². The van der Waals surface area contributed by atoms with Gasteiger partial charge in [-0.25, -0.2) is 4.98 Å². The second-order valence-electron chi connectivity index (χ2n) is 7.74. The quantitative estimate of drug-likeness (QED) is 0.315. The lowest BCUT2D eigenvalue weighted by Gasteiger charge is -2.03. The van der Waals surface area contributed by atoms with E-state index in [2.05, 4.69) is 78.5 Å². The van der Waals surface area contributed by atoms with Crippen molar-refractivity contribution in [1.29, 1.82) is 0 Å². The van der Waals surface area contributed by atoms with Crippen LogP contribution in [-0.2, 0) is 13.1 Å². The van der Waals surface area contributed by atoms with Crippen molar-refractivity contribution in [3.63, 3.8) is 0 Å². The Labute approximate surface area is 191 Å². The molecule has 3 aromatic carbocycles. The third-order valence-corrected chi connectivity index (χ3v) is 5.32. The molecule has 1 heterocycles. The third kappa shape index (κ3) is 6.69. The van der Waals surface area contributed by atoms with Crippen LogP contribution >= 0.6 is 0 Å². The molecule has 0 amide bonds. The normalized spacial score (nSPS) is 11.0. The molecule has 4 rings (SSSR count). The van der Waals surface area contributed by atoms with E-state index in [-0.39, 0.29) is 0 Å². The summed E-state index contributed by atoms with van der Waals surface area (Å²) in [6.07, 6.45) is 4.01. The van der Waals surface area contributed by atoms with Crippen molar-refractivity contribution in [2.24, 2.45) is 0 Å². The highest BCUT2D eigenvalue weighted by Gasteiger charge is 2.02. The number of aromatic nitrogens is 2. The number of nitrogens with one attached hydrogen (secondary N) is 2. The smallest absolute Gasteiger partial charge is 0.120 e. The number of anilines is 1. The maximum atomic E-state index is 5.67. The maximum absolute atomic E-state index is 5.67. The molecule has 0 saturated heterocycles. The van der Waals surface area contributed by atoms with Gasteiger partial charge >= 0.3 is 0 Å². The second kappa shape index (κ2) is 11.7. The summed E-state index contributed by atoms with van der Waals surface area (Å²) in [6.45, 7) is 7.85. The SMILES string of the molecule is C/C=C(/C)c1ccccc1C.Nc1ccc(CNCc2ncc(-c3ccccc3)[nH]2)cc1. The highest BCUT2D eigenvalue weighted by atomic mass is 15.0. The summed E-state index contributed by atoms with van der Waals surface area (Å²) in [7, 11) is 0. The van der Waals surface area contributed by atoms with E-state index in [9.17, 15) is 0 Å². The lowest BCUT2D eigenvalue weighted by Crippen LogP contribution is -2.13. The largest absolute Gasteiger partial charge is 0.399 e. The van der Waals surface area contributed by atoms with Crippen molar-refractivity contribution in [3.8, 4) is 11.3 Å². The Balaban J connectivity index is 0.000000222. The lowest BCUT2D eigenvalue weighted by molar-refractivity contribution is 0.669. The maximum Gasteiger partial charge on any atom is 0.120 e. The molecular weight excluding hydrogens is 392 g/mol. The summed E-state index contributed by atoms with van der Waals surface area (Å²) in [5.41, 5.74) is 13.9. The van der Waals surface area contributed by atoms with Gasteiger partial charge in [0.2, 0.25) is 0 Å². The fourth-order valence-corrected chi connectivity index (χ4v) is 3.35. The van der Waals surface area contributed by atoms with E-state index >= 15 is 0 Å². The van der Waals surface area contributed by atoms with Gasteiger partial charge in [-0.05, 0) is 60.7 Å². The Morgan fingerprint density at radius 2 is 1.62 bits per heavy atom. The summed E-state index contributed by atoms with van der Waals surface area (Å²) in [5.74, 6) is 0.935. The van der Waals surface area contributed by atoms with Crippen molar-refractivity contribution in [3.05, 3.63) is 114 Å². The van der Waals surface area contributed by atoms with E-state index in [0.29, 0.717) is 6.54 Å². The molecule has 164 valence electrons. The number of aromatic amines is 1. The standard InChI is InChI=1S/C17H18N4.C11H14/c18-15-8-6-13(7-9-15)10-19-12-17-20-11-16(21-17)14-4-2-1-3-5-14;1-4-9(2)11-8-6-5-7-10(11)3/h1-9,11,19H,10,12,18H2,(H,20,21);4-8H,1-3H3/b;9-4-. The fraction of sp³-hybridized carbons (Fsp3) is 0.179. The van der Waals surface area contributed by atoms with Gasteiger partial charge in [0.25, 0.3) is 0 Å². The highest BCUT2D eigenvalue weighted by molar-refractivity contribution is 5.65. The Kier molecular flexibility index (Phi) is 8.41. The fourth-order valence-electron chi connectivity index (χ4n) is 3.35. The summed E-state index contributed by atoms with van der Waals surface area (Å²) in [5, 5.41) is 3.37. The van der Waals surface area contributed by atoms with Gasteiger partial charge in [0, 0.05) is 12.2 Å². The predicted octanol–water partition coefficient (Wildman–Crippen LogP) is 6.37. The molecule has 0 fully saturated rings. The third-order valence-electron chi connectivity index (χ3n) is 5.32. The molecule has 0 aliphatic rings. The summed E-state index contributed by atoms with van der Waals surface area (Å²) >= 11 is 0. The van der Waals surface area contributed by atoms with Gasteiger partial charge in [0.1, 0.15) is 5.82 Å². The van der Waals surface area contributed by atoms with Crippen molar-refractivity contribution >= 4 is 11.3 Å². The number of nitrogens with zero attached hydrogens (tertiary/aromatic N) is 1. The summed E-state index contributed by atoms with van der Waals surface area (Å²) in [6, 6.07) is 26.5. The second-order valence-corrected chi connectivity index (χ2v) is 7.74. The summed E-state index contributed by atoms with van der Waals surface area (Å²) < 4.78 is 0. The number of benzene rings is 3. The van der Waals surface area contributed by atoms with Crippen LogP contribution in [0.1, 0.15) is 36.4 Å². The number of aryl methyl sites for hydroxylation is 1.